The summed E-state index contributed by atoms with van der Waals surface area (Å²) in [6, 6.07) is 6.40. The van der Waals surface area contributed by atoms with Gasteiger partial charge in [-0.15, -0.1) is 0 Å². The third-order valence-electron chi connectivity index (χ3n) is 4.45. The number of esters is 2. The molecule has 0 bridgehead atoms. The van der Waals surface area contributed by atoms with E-state index in [1.54, 1.807) is 31.4 Å². The molecule has 0 radical (unpaired) electrons. The fourth-order valence-electron chi connectivity index (χ4n) is 3.01. The van der Waals surface area contributed by atoms with Crippen molar-refractivity contribution in [3.63, 3.8) is 0 Å². The molecule has 0 saturated heterocycles. The number of allylic oxidation sites excluding steroid dienone is 1. The van der Waals surface area contributed by atoms with Crippen LogP contribution in [0.25, 0.3) is 0 Å². The smallest absolute Gasteiger partial charge is 0.338 e. The zero-order chi connectivity index (χ0) is 20.7. The van der Waals surface area contributed by atoms with Crippen molar-refractivity contribution in [2.45, 2.75) is 26.3 Å². The molecule has 1 aliphatic heterocycles. The lowest BCUT2D eigenvalue weighted by atomic mass is 9.94. The molecule has 28 heavy (non-hydrogen) atoms. The van der Waals surface area contributed by atoms with Gasteiger partial charge in [-0.05, 0) is 43.3 Å². The van der Waals surface area contributed by atoms with Gasteiger partial charge in [0.15, 0.2) is 5.11 Å². The van der Waals surface area contributed by atoms with Crippen LogP contribution in [-0.2, 0) is 19.0 Å². The van der Waals surface area contributed by atoms with Crippen LogP contribution in [0.4, 0.5) is 0 Å². The summed E-state index contributed by atoms with van der Waals surface area (Å²) in [7, 11) is 2.88. The van der Waals surface area contributed by atoms with Crippen LogP contribution < -0.4 is 5.32 Å². The highest BCUT2D eigenvalue weighted by Crippen LogP contribution is 2.31. The van der Waals surface area contributed by atoms with Crippen molar-refractivity contribution in [2.24, 2.45) is 0 Å². The van der Waals surface area contributed by atoms with Crippen LogP contribution in [0.1, 0.15) is 42.2 Å². The Kier molecular flexibility index (Phi) is 7.95. The molecule has 0 spiro atoms. The molecule has 2 rings (SSSR count). The van der Waals surface area contributed by atoms with Crippen LogP contribution >= 0.6 is 12.2 Å². The van der Waals surface area contributed by atoms with Gasteiger partial charge in [0.2, 0.25) is 0 Å². The standard InChI is InChI=1S/C20H26N2O5S/c1-5-10-22-13(2)16(19(24)27-12-11-25-3)17(21-20(22)28)14-6-8-15(9-7-14)18(23)26-4/h6-9,17H,5,10-12H2,1-4H3,(H,21,28)/t17-/m0/s1. The first-order valence-corrected chi connectivity index (χ1v) is 9.48. The van der Waals surface area contributed by atoms with E-state index in [-0.39, 0.29) is 6.61 Å². The van der Waals surface area contributed by atoms with E-state index in [0.29, 0.717) is 29.4 Å². The molecule has 1 aromatic carbocycles. The van der Waals surface area contributed by atoms with Gasteiger partial charge in [-0.1, -0.05) is 19.1 Å². The SMILES string of the molecule is CCCN1C(=S)N[C@@H](c2ccc(C(=O)OC)cc2)C(C(=O)OCCOC)=C1C. The summed E-state index contributed by atoms with van der Waals surface area (Å²) in [5.41, 5.74) is 2.48. The Morgan fingerprint density at radius 2 is 1.82 bits per heavy atom. The van der Waals surface area contributed by atoms with E-state index >= 15 is 0 Å². The van der Waals surface area contributed by atoms with Gasteiger partial charge in [-0.3, -0.25) is 0 Å². The number of carbonyl (C=O) groups excluding carboxylic acids is 2. The molecular formula is C20H26N2O5S. The number of thiocarbonyl (C=S) groups is 1. The van der Waals surface area contributed by atoms with Gasteiger partial charge in [-0.2, -0.15) is 0 Å². The molecule has 0 unspecified atom stereocenters. The lowest BCUT2D eigenvalue weighted by Crippen LogP contribution is -2.48. The maximum atomic E-state index is 12.8. The van der Waals surface area contributed by atoms with Crippen LogP contribution in [-0.4, -0.2) is 55.9 Å². The van der Waals surface area contributed by atoms with Gasteiger partial charge in [0.05, 0.1) is 30.9 Å². The Bertz CT molecular complexity index is 760. The summed E-state index contributed by atoms with van der Waals surface area (Å²) in [5, 5.41) is 3.78. The summed E-state index contributed by atoms with van der Waals surface area (Å²) in [6.45, 7) is 5.09. The Hall–Kier alpha value is -2.45. The molecule has 0 fully saturated rings. The average molecular weight is 407 g/mol. The van der Waals surface area contributed by atoms with Crippen LogP contribution in [0.15, 0.2) is 35.5 Å². The van der Waals surface area contributed by atoms with Crippen molar-refractivity contribution >= 4 is 29.3 Å². The molecule has 7 nitrogen and oxygen atoms in total. The summed E-state index contributed by atoms with van der Waals surface area (Å²) in [4.78, 5) is 26.4. The van der Waals surface area contributed by atoms with Crippen molar-refractivity contribution < 1.29 is 23.8 Å². The second kappa shape index (κ2) is 10.2. The van der Waals surface area contributed by atoms with Gasteiger partial charge in [0.1, 0.15) is 6.61 Å². The number of hydrogen-bond donors (Lipinski definition) is 1. The molecule has 1 aromatic rings. The van der Waals surface area contributed by atoms with E-state index in [9.17, 15) is 9.59 Å². The van der Waals surface area contributed by atoms with E-state index in [4.69, 9.17) is 26.4 Å². The van der Waals surface area contributed by atoms with Gasteiger partial charge in [0, 0.05) is 19.4 Å². The molecule has 8 heteroatoms. The molecule has 0 aliphatic carbocycles. The molecule has 0 saturated carbocycles. The number of ether oxygens (including phenoxy) is 3. The van der Waals surface area contributed by atoms with Crippen molar-refractivity contribution in [1.29, 1.82) is 0 Å². The fourth-order valence-corrected chi connectivity index (χ4v) is 3.36. The molecule has 1 N–H and O–H groups in total. The van der Waals surface area contributed by atoms with Gasteiger partial charge in [0.25, 0.3) is 0 Å². The quantitative estimate of drug-likeness (QED) is 0.401. The third-order valence-corrected chi connectivity index (χ3v) is 4.79. The Morgan fingerprint density at radius 1 is 1.14 bits per heavy atom. The number of rotatable bonds is 8. The zero-order valence-electron chi connectivity index (χ0n) is 16.6. The molecule has 152 valence electrons. The molecule has 1 heterocycles. The highest BCUT2D eigenvalue weighted by atomic mass is 32.1. The van der Waals surface area contributed by atoms with E-state index in [2.05, 4.69) is 5.32 Å². The van der Waals surface area contributed by atoms with E-state index in [1.165, 1.54) is 7.11 Å². The predicted molar refractivity (Wildman–Crippen MR) is 109 cm³/mol. The fraction of sp³-hybridized carbons (Fsp3) is 0.450. The summed E-state index contributed by atoms with van der Waals surface area (Å²) in [6.07, 6.45) is 0.879. The largest absolute Gasteiger partial charge is 0.465 e. The summed E-state index contributed by atoms with van der Waals surface area (Å²) < 4.78 is 15.1. The molecule has 1 aliphatic rings. The van der Waals surface area contributed by atoms with Crippen molar-refractivity contribution in [3.8, 4) is 0 Å². The number of nitrogens with zero attached hydrogens (tertiary/aromatic N) is 1. The maximum absolute atomic E-state index is 12.8. The van der Waals surface area contributed by atoms with Crippen LogP contribution in [0.3, 0.4) is 0 Å². The van der Waals surface area contributed by atoms with Crippen LogP contribution in [0, 0.1) is 0 Å². The normalized spacial score (nSPS) is 16.6. The first kappa shape index (κ1) is 21.8. The van der Waals surface area contributed by atoms with E-state index in [0.717, 1.165) is 17.7 Å². The van der Waals surface area contributed by atoms with Crippen LogP contribution in [0.2, 0.25) is 0 Å². The molecule has 0 aromatic heterocycles. The lowest BCUT2D eigenvalue weighted by Gasteiger charge is -2.37. The molecular weight excluding hydrogens is 380 g/mol. The topological polar surface area (TPSA) is 77.1 Å². The first-order chi connectivity index (χ1) is 13.4. The second-order valence-corrected chi connectivity index (χ2v) is 6.66. The average Bonchev–Trinajstić information content (AvgIpc) is 2.70. The number of methoxy groups -OCH3 is 2. The summed E-state index contributed by atoms with van der Waals surface area (Å²) in [5.74, 6) is -0.841. The monoisotopic (exact) mass is 406 g/mol. The molecule has 0 amide bonds. The zero-order valence-corrected chi connectivity index (χ0v) is 17.4. The highest BCUT2D eigenvalue weighted by molar-refractivity contribution is 7.80. The number of carbonyl (C=O) groups is 2. The van der Waals surface area contributed by atoms with Crippen LogP contribution in [0.5, 0.6) is 0 Å². The lowest BCUT2D eigenvalue weighted by molar-refractivity contribution is -0.140. The maximum Gasteiger partial charge on any atom is 0.338 e. The number of benzene rings is 1. The predicted octanol–water partition coefficient (Wildman–Crippen LogP) is 2.58. The molecule has 1 atom stereocenters. The number of hydrogen-bond acceptors (Lipinski definition) is 6. The Labute approximate surface area is 170 Å². The van der Waals surface area contributed by atoms with Gasteiger partial charge >= 0.3 is 11.9 Å². The summed E-state index contributed by atoms with van der Waals surface area (Å²) >= 11 is 5.51. The van der Waals surface area contributed by atoms with Crippen molar-refractivity contribution in [2.75, 3.05) is 34.0 Å². The number of nitrogens with one attached hydrogen (secondary N) is 1. The Balaban J connectivity index is 2.40. The van der Waals surface area contributed by atoms with Crippen molar-refractivity contribution in [1.82, 2.24) is 10.2 Å². The van der Waals surface area contributed by atoms with Gasteiger partial charge in [-0.25, -0.2) is 9.59 Å². The van der Waals surface area contributed by atoms with Gasteiger partial charge < -0.3 is 24.4 Å². The minimum Gasteiger partial charge on any atom is -0.465 e. The Morgan fingerprint density at radius 3 is 2.39 bits per heavy atom. The van der Waals surface area contributed by atoms with Crippen molar-refractivity contribution in [3.05, 3.63) is 46.7 Å². The van der Waals surface area contributed by atoms with E-state index in [1.807, 2.05) is 18.7 Å². The third kappa shape index (κ3) is 4.88. The second-order valence-electron chi connectivity index (χ2n) is 6.28. The minimum atomic E-state index is -0.470. The highest BCUT2D eigenvalue weighted by Gasteiger charge is 2.34. The van der Waals surface area contributed by atoms with E-state index < -0.39 is 18.0 Å². The first-order valence-electron chi connectivity index (χ1n) is 9.07. The minimum absolute atomic E-state index is 0.165.